The zero-order chi connectivity index (χ0) is 11.4. The largest absolute Gasteiger partial charge is 0.363 e. The summed E-state index contributed by atoms with van der Waals surface area (Å²) in [6.45, 7) is 2.68. The zero-order valence-electron chi connectivity index (χ0n) is 8.43. The first-order valence-electron chi connectivity index (χ1n) is 4.57. The van der Waals surface area contributed by atoms with Crippen molar-refractivity contribution < 1.29 is 9.32 Å². The lowest BCUT2D eigenvalue weighted by atomic mass is 10.5. The van der Waals surface area contributed by atoms with Gasteiger partial charge < -0.3 is 15.2 Å². The van der Waals surface area contributed by atoms with Crippen LogP contribution in [0.15, 0.2) is 17.0 Å². The van der Waals surface area contributed by atoms with Gasteiger partial charge >= 0.3 is 0 Å². The highest BCUT2D eigenvalue weighted by Crippen LogP contribution is 2.16. The minimum atomic E-state index is -0.329. The number of anilines is 2. The molecule has 0 aliphatic rings. The molecule has 0 fully saturated rings. The molecule has 1 amide bonds. The zero-order valence-corrected chi connectivity index (χ0v) is 9.24. The van der Waals surface area contributed by atoms with Gasteiger partial charge in [0.2, 0.25) is 10.1 Å². The van der Waals surface area contributed by atoms with Gasteiger partial charge in [0, 0.05) is 6.54 Å². The number of nitrogens with one attached hydrogen (secondary N) is 2. The SMILES string of the molecule is CCNc1nnc(C(=O)Nc2cnoc2)s1. The van der Waals surface area contributed by atoms with Gasteiger partial charge in [-0.1, -0.05) is 16.5 Å². The number of hydrogen-bond donors (Lipinski definition) is 2. The molecule has 2 rings (SSSR count). The number of nitrogens with zero attached hydrogens (tertiary/aromatic N) is 3. The minimum absolute atomic E-state index is 0.289. The van der Waals surface area contributed by atoms with Crippen LogP contribution < -0.4 is 10.6 Å². The van der Waals surface area contributed by atoms with Crippen molar-refractivity contribution in [3.8, 4) is 0 Å². The Bertz CT molecular complexity index is 466. The summed E-state index contributed by atoms with van der Waals surface area (Å²) in [5.41, 5.74) is 0.491. The first-order valence-corrected chi connectivity index (χ1v) is 5.39. The molecule has 0 aromatic carbocycles. The van der Waals surface area contributed by atoms with E-state index < -0.39 is 0 Å². The fourth-order valence-corrected chi connectivity index (χ4v) is 1.70. The highest BCUT2D eigenvalue weighted by Gasteiger charge is 2.13. The summed E-state index contributed by atoms with van der Waals surface area (Å²) in [5.74, 6) is -0.329. The van der Waals surface area contributed by atoms with Crippen LogP contribution in [0.2, 0.25) is 0 Å². The Morgan fingerprint density at radius 3 is 3.12 bits per heavy atom. The van der Waals surface area contributed by atoms with E-state index in [1.54, 1.807) is 0 Å². The molecule has 0 radical (unpaired) electrons. The number of aromatic nitrogens is 3. The third kappa shape index (κ3) is 2.34. The van der Waals surface area contributed by atoms with Gasteiger partial charge in [-0.15, -0.1) is 10.2 Å². The van der Waals surface area contributed by atoms with Crippen LogP contribution in [0.3, 0.4) is 0 Å². The fraction of sp³-hybridized carbons (Fsp3) is 0.250. The number of amides is 1. The monoisotopic (exact) mass is 239 g/mol. The molecule has 0 bridgehead atoms. The molecule has 0 unspecified atom stereocenters. The topological polar surface area (TPSA) is 92.9 Å². The molecule has 0 saturated carbocycles. The molecule has 0 saturated heterocycles. The first kappa shape index (κ1) is 10.6. The van der Waals surface area contributed by atoms with Crippen LogP contribution in [0.1, 0.15) is 16.7 Å². The second kappa shape index (κ2) is 4.71. The first-order chi connectivity index (χ1) is 7.79. The smallest absolute Gasteiger partial charge is 0.286 e. The second-order valence-corrected chi connectivity index (χ2v) is 3.79. The van der Waals surface area contributed by atoms with Gasteiger partial charge in [0.15, 0.2) is 0 Å². The number of carbonyl (C=O) groups excluding carboxylic acids is 1. The lowest BCUT2D eigenvalue weighted by molar-refractivity contribution is 0.102. The van der Waals surface area contributed by atoms with Crippen LogP contribution in [0.25, 0.3) is 0 Å². The summed E-state index contributed by atoms with van der Waals surface area (Å²) < 4.78 is 4.59. The lowest BCUT2D eigenvalue weighted by Gasteiger charge is -1.95. The van der Waals surface area contributed by atoms with Gasteiger partial charge in [-0.3, -0.25) is 4.79 Å². The Labute approximate surface area is 94.9 Å². The quantitative estimate of drug-likeness (QED) is 0.833. The van der Waals surface area contributed by atoms with E-state index in [1.807, 2.05) is 6.92 Å². The number of hydrogen-bond acceptors (Lipinski definition) is 7. The van der Waals surface area contributed by atoms with E-state index in [4.69, 9.17) is 0 Å². The van der Waals surface area contributed by atoms with Gasteiger partial charge in [0.25, 0.3) is 5.91 Å². The van der Waals surface area contributed by atoms with E-state index in [0.29, 0.717) is 10.8 Å². The van der Waals surface area contributed by atoms with E-state index in [9.17, 15) is 4.79 Å². The second-order valence-electron chi connectivity index (χ2n) is 2.81. The van der Waals surface area contributed by atoms with Crippen molar-refractivity contribution in [3.05, 3.63) is 17.5 Å². The maximum absolute atomic E-state index is 11.6. The molecule has 2 N–H and O–H groups in total. The number of rotatable bonds is 4. The number of carbonyl (C=O) groups is 1. The lowest BCUT2D eigenvalue weighted by Crippen LogP contribution is -2.10. The van der Waals surface area contributed by atoms with Crippen molar-refractivity contribution in [2.45, 2.75) is 6.92 Å². The van der Waals surface area contributed by atoms with Crippen LogP contribution in [0, 0.1) is 0 Å². The summed E-state index contributed by atoms with van der Waals surface area (Å²) in [6, 6.07) is 0. The summed E-state index contributed by atoms with van der Waals surface area (Å²) in [4.78, 5) is 11.6. The van der Waals surface area contributed by atoms with Gasteiger partial charge in [-0.25, -0.2) is 0 Å². The van der Waals surface area contributed by atoms with Gasteiger partial charge in [0.05, 0.1) is 6.20 Å². The molecular weight excluding hydrogens is 230 g/mol. The van der Waals surface area contributed by atoms with Crippen LogP contribution >= 0.6 is 11.3 Å². The average Bonchev–Trinajstić information content (AvgIpc) is 2.89. The van der Waals surface area contributed by atoms with Gasteiger partial charge in [-0.05, 0) is 6.92 Å². The molecule has 0 aliphatic heterocycles. The Morgan fingerprint density at radius 2 is 2.44 bits per heavy atom. The molecule has 8 heteroatoms. The Balaban J connectivity index is 2.03. The Hall–Kier alpha value is -1.96. The van der Waals surface area contributed by atoms with Gasteiger partial charge in [0.1, 0.15) is 12.0 Å². The van der Waals surface area contributed by atoms with Crippen LogP contribution in [-0.4, -0.2) is 27.8 Å². The van der Waals surface area contributed by atoms with E-state index in [0.717, 1.165) is 6.54 Å². The van der Waals surface area contributed by atoms with Crippen molar-refractivity contribution in [1.82, 2.24) is 15.4 Å². The highest BCUT2D eigenvalue weighted by atomic mass is 32.1. The predicted molar refractivity (Wildman–Crippen MR) is 58.5 cm³/mol. The van der Waals surface area contributed by atoms with E-state index in [1.165, 1.54) is 23.8 Å². The van der Waals surface area contributed by atoms with Crippen molar-refractivity contribution >= 4 is 28.1 Å². The van der Waals surface area contributed by atoms with E-state index in [-0.39, 0.29) is 10.9 Å². The summed E-state index contributed by atoms with van der Waals surface area (Å²) >= 11 is 1.19. The normalized spacial score (nSPS) is 10.1. The Kier molecular flexibility index (Phi) is 3.10. The average molecular weight is 239 g/mol. The third-order valence-corrected chi connectivity index (χ3v) is 2.52. The van der Waals surface area contributed by atoms with Crippen molar-refractivity contribution in [1.29, 1.82) is 0 Å². The maximum Gasteiger partial charge on any atom is 0.286 e. The molecule has 2 aromatic rings. The summed E-state index contributed by atoms with van der Waals surface area (Å²) in [7, 11) is 0. The third-order valence-electron chi connectivity index (χ3n) is 1.64. The van der Waals surface area contributed by atoms with Crippen molar-refractivity contribution in [2.24, 2.45) is 0 Å². The molecular formula is C8H9N5O2S. The molecule has 0 spiro atoms. The van der Waals surface area contributed by atoms with E-state index >= 15 is 0 Å². The molecule has 0 atom stereocenters. The maximum atomic E-state index is 11.6. The predicted octanol–water partition coefficient (Wildman–Crippen LogP) is 1.21. The molecule has 84 valence electrons. The molecule has 16 heavy (non-hydrogen) atoms. The Morgan fingerprint density at radius 1 is 1.56 bits per heavy atom. The summed E-state index contributed by atoms with van der Waals surface area (Å²) in [5, 5.41) is 17.5. The van der Waals surface area contributed by atoms with Crippen LogP contribution in [0.5, 0.6) is 0 Å². The van der Waals surface area contributed by atoms with Crippen LogP contribution in [-0.2, 0) is 0 Å². The van der Waals surface area contributed by atoms with Gasteiger partial charge in [-0.2, -0.15) is 0 Å². The fourth-order valence-electron chi connectivity index (χ4n) is 0.989. The molecule has 7 nitrogen and oxygen atoms in total. The van der Waals surface area contributed by atoms with Crippen molar-refractivity contribution in [2.75, 3.05) is 17.2 Å². The molecule has 0 aliphatic carbocycles. The molecule has 2 aromatic heterocycles. The van der Waals surface area contributed by atoms with E-state index in [2.05, 4.69) is 30.5 Å². The van der Waals surface area contributed by atoms with Crippen LogP contribution in [0.4, 0.5) is 10.8 Å². The van der Waals surface area contributed by atoms with Crippen molar-refractivity contribution in [3.63, 3.8) is 0 Å². The standard InChI is InChI=1S/C8H9N5O2S/c1-2-9-8-13-12-7(16-8)6(14)11-5-3-10-15-4-5/h3-4H,2H2,1H3,(H,9,13)(H,11,14). The minimum Gasteiger partial charge on any atom is -0.363 e. The highest BCUT2D eigenvalue weighted by molar-refractivity contribution is 7.17. The molecule has 2 heterocycles. The summed E-state index contributed by atoms with van der Waals surface area (Å²) in [6.07, 6.45) is 2.74.